The lowest BCUT2D eigenvalue weighted by Gasteiger charge is -2.33. The van der Waals surface area contributed by atoms with Gasteiger partial charge in [0, 0.05) is 30.7 Å². The van der Waals surface area contributed by atoms with Gasteiger partial charge in [0.05, 0.1) is 6.04 Å². The van der Waals surface area contributed by atoms with Crippen LogP contribution in [0, 0.1) is 0 Å². The van der Waals surface area contributed by atoms with E-state index in [0.29, 0.717) is 6.04 Å². The molecule has 0 amide bonds. The molecule has 0 radical (unpaired) electrons. The molecule has 2 nitrogen and oxygen atoms in total. The second kappa shape index (κ2) is 5.62. The fourth-order valence-corrected chi connectivity index (χ4v) is 2.38. The number of rotatable bonds is 3. The summed E-state index contributed by atoms with van der Waals surface area (Å²) in [5.41, 5.74) is 1.32. The Bertz CT molecular complexity index is 341. The summed E-state index contributed by atoms with van der Waals surface area (Å²) in [6.07, 6.45) is 2.04. The van der Waals surface area contributed by atoms with E-state index < -0.39 is 0 Å². The van der Waals surface area contributed by atoms with Crippen molar-refractivity contribution >= 4 is 15.9 Å². The van der Waals surface area contributed by atoms with Crippen LogP contribution in [-0.4, -0.2) is 31.1 Å². The van der Waals surface area contributed by atoms with Crippen LogP contribution in [-0.2, 0) is 0 Å². The minimum Gasteiger partial charge on any atom is -0.314 e. The summed E-state index contributed by atoms with van der Waals surface area (Å²) in [5.74, 6) is 0. The SMILES string of the molecule is C=C[C@H](c1ccc(Br)cc1)N1CCNCC1. The molecule has 1 atom stereocenters. The van der Waals surface area contributed by atoms with Gasteiger partial charge >= 0.3 is 0 Å². The van der Waals surface area contributed by atoms with E-state index in [9.17, 15) is 0 Å². The Morgan fingerprint density at radius 3 is 2.44 bits per heavy atom. The van der Waals surface area contributed by atoms with Crippen molar-refractivity contribution in [1.29, 1.82) is 0 Å². The van der Waals surface area contributed by atoms with E-state index >= 15 is 0 Å². The van der Waals surface area contributed by atoms with Gasteiger partial charge in [0.1, 0.15) is 0 Å². The summed E-state index contributed by atoms with van der Waals surface area (Å²) in [6, 6.07) is 8.86. The van der Waals surface area contributed by atoms with Crippen LogP contribution in [0.3, 0.4) is 0 Å². The molecule has 1 aromatic rings. The molecule has 1 fully saturated rings. The van der Waals surface area contributed by atoms with E-state index in [1.165, 1.54) is 5.56 Å². The Morgan fingerprint density at radius 1 is 1.25 bits per heavy atom. The molecule has 0 bridgehead atoms. The maximum absolute atomic E-state index is 3.96. The van der Waals surface area contributed by atoms with E-state index in [-0.39, 0.29) is 0 Å². The molecule has 0 saturated carbocycles. The zero-order valence-electron chi connectivity index (χ0n) is 9.32. The number of benzene rings is 1. The number of piperazine rings is 1. The lowest BCUT2D eigenvalue weighted by molar-refractivity contribution is 0.203. The monoisotopic (exact) mass is 280 g/mol. The third-order valence-electron chi connectivity index (χ3n) is 2.98. The van der Waals surface area contributed by atoms with Gasteiger partial charge in [-0.05, 0) is 17.7 Å². The summed E-state index contributed by atoms with van der Waals surface area (Å²) in [6.45, 7) is 8.28. The number of nitrogens with zero attached hydrogens (tertiary/aromatic N) is 1. The van der Waals surface area contributed by atoms with Gasteiger partial charge in [0.15, 0.2) is 0 Å². The van der Waals surface area contributed by atoms with E-state index in [2.05, 4.69) is 57.0 Å². The Labute approximate surface area is 105 Å². The summed E-state index contributed by atoms with van der Waals surface area (Å²) in [5, 5.41) is 3.37. The Morgan fingerprint density at radius 2 is 1.88 bits per heavy atom. The molecule has 0 aliphatic carbocycles. The van der Waals surface area contributed by atoms with Crippen molar-refractivity contribution in [2.45, 2.75) is 6.04 Å². The van der Waals surface area contributed by atoms with Gasteiger partial charge in [-0.1, -0.05) is 34.1 Å². The predicted octanol–water partition coefficient (Wildman–Crippen LogP) is 2.58. The Hall–Kier alpha value is -0.640. The standard InChI is InChI=1S/C13H17BrN2/c1-2-13(16-9-7-15-8-10-16)11-3-5-12(14)6-4-11/h2-6,13,15H,1,7-10H2/t13-/m1/s1. The lowest BCUT2D eigenvalue weighted by Crippen LogP contribution is -2.44. The summed E-state index contributed by atoms with van der Waals surface area (Å²) < 4.78 is 1.12. The van der Waals surface area contributed by atoms with Gasteiger partial charge in [-0.3, -0.25) is 4.90 Å². The fraction of sp³-hybridized carbons (Fsp3) is 0.385. The molecule has 1 aromatic carbocycles. The highest BCUT2D eigenvalue weighted by atomic mass is 79.9. The molecular weight excluding hydrogens is 264 g/mol. The lowest BCUT2D eigenvalue weighted by atomic mass is 10.0. The molecule has 1 saturated heterocycles. The number of hydrogen-bond donors (Lipinski definition) is 1. The van der Waals surface area contributed by atoms with E-state index in [0.717, 1.165) is 30.7 Å². The van der Waals surface area contributed by atoms with Gasteiger partial charge in [-0.2, -0.15) is 0 Å². The van der Waals surface area contributed by atoms with Crippen molar-refractivity contribution in [3.8, 4) is 0 Å². The molecule has 16 heavy (non-hydrogen) atoms. The summed E-state index contributed by atoms with van der Waals surface area (Å²) >= 11 is 3.46. The second-order valence-corrected chi connectivity index (χ2v) is 4.93. The molecule has 1 aliphatic heterocycles. The van der Waals surface area contributed by atoms with Gasteiger partial charge in [-0.15, -0.1) is 6.58 Å². The third-order valence-corrected chi connectivity index (χ3v) is 3.51. The van der Waals surface area contributed by atoms with Crippen LogP contribution in [0.2, 0.25) is 0 Å². The number of nitrogens with one attached hydrogen (secondary N) is 1. The minimum atomic E-state index is 0.343. The first-order valence-corrected chi connectivity index (χ1v) is 6.43. The molecule has 86 valence electrons. The van der Waals surface area contributed by atoms with Gasteiger partial charge in [-0.25, -0.2) is 0 Å². The summed E-state index contributed by atoms with van der Waals surface area (Å²) in [4.78, 5) is 2.47. The van der Waals surface area contributed by atoms with Gasteiger partial charge in [0.2, 0.25) is 0 Å². The van der Waals surface area contributed by atoms with Crippen molar-refractivity contribution in [2.24, 2.45) is 0 Å². The van der Waals surface area contributed by atoms with Crippen LogP contribution in [0.15, 0.2) is 41.4 Å². The van der Waals surface area contributed by atoms with Crippen LogP contribution in [0.5, 0.6) is 0 Å². The van der Waals surface area contributed by atoms with E-state index in [1.54, 1.807) is 0 Å². The second-order valence-electron chi connectivity index (χ2n) is 4.02. The zero-order valence-corrected chi connectivity index (χ0v) is 10.9. The topological polar surface area (TPSA) is 15.3 Å². The summed E-state index contributed by atoms with van der Waals surface area (Å²) in [7, 11) is 0. The molecule has 0 unspecified atom stereocenters. The van der Waals surface area contributed by atoms with Gasteiger partial charge in [0.25, 0.3) is 0 Å². The molecule has 3 heteroatoms. The molecule has 1 aliphatic rings. The first-order chi connectivity index (χ1) is 7.81. The molecule has 1 heterocycles. The maximum atomic E-state index is 3.96. The van der Waals surface area contributed by atoms with Crippen molar-refractivity contribution in [3.05, 3.63) is 47.0 Å². The first-order valence-electron chi connectivity index (χ1n) is 5.64. The minimum absolute atomic E-state index is 0.343. The Kier molecular flexibility index (Phi) is 4.16. The quantitative estimate of drug-likeness (QED) is 0.857. The smallest absolute Gasteiger partial charge is 0.0529 e. The third kappa shape index (κ3) is 2.73. The van der Waals surface area contributed by atoms with Crippen LogP contribution < -0.4 is 5.32 Å². The van der Waals surface area contributed by atoms with Crippen LogP contribution in [0.25, 0.3) is 0 Å². The highest BCUT2D eigenvalue weighted by Crippen LogP contribution is 2.23. The van der Waals surface area contributed by atoms with E-state index in [1.807, 2.05) is 6.08 Å². The molecular formula is C13H17BrN2. The fourth-order valence-electron chi connectivity index (χ4n) is 2.12. The zero-order chi connectivity index (χ0) is 11.4. The van der Waals surface area contributed by atoms with E-state index in [4.69, 9.17) is 0 Å². The van der Waals surface area contributed by atoms with Crippen molar-refractivity contribution in [2.75, 3.05) is 26.2 Å². The predicted molar refractivity (Wildman–Crippen MR) is 71.5 cm³/mol. The largest absolute Gasteiger partial charge is 0.314 e. The molecule has 0 spiro atoms. The van der Waals surface area contributed by atoms with Crippen molar-refractivity contribution < 1.29 is 0 Å². The molecule has 1 N–H and O–H groups in total. The van der Waals surface area contributed by atoms with Crippen molar-refractivity contribution in [3.63, 3.8) is 0 Å². The maximum Gasteiger partial charge on any atom is 0.0529 e. The molecule has 0 aromatic heterocycles. The van der Waals surface area contributed by atoms with Gasteiger partial charge < -0.3 is 5.32 Å². The highest BCUT2D eigenvalue weighted by molar-refractivity contribution is 9.10. The Balaban J connectivity index is 2.14. The number of hydrogen-bond acceptors (Lipinski definition) is 2. The number of halogens is 1. The average molecular weight is 281 g/mol. The van der Waals surface area contributed by atoms with Crippen molar-refractivity contribution in [1.82, 2.24) is 10.2 Å². The van der Waals surface area contributed by atoms with Crippen LogP contribution in [0.1, 0.15) is 11.6 Å². The first kappa shape index (κ1) is 11.8. The van der Waals surface area contributed by atoms with Crippen LogP contribution in [0.4, 0.5) is 0 Å². The normalized spacial score (nSPS) is 19.3. The highest BCUT2D eigenvalue weighted by Gasteiger charge is 2.18. The average Bonchev–Trinajstić information content (AvgIpc) is 2.34. The van der Waals surface area contributed by atoms with Crippen LogP contribution >= 0.6 is 15.9 Å². The molecule has 2 rings (SSSR count).